The summed E-state index contributed by atoms with van der Waals surface area (Å²) in [6.07, 6.45) is 1.41. The van der Waals surface area contributed by atoms with Crippen LogP contribution in [-0.4, -0.2) is 40.5 Å². The van der Waals surface area contributed by atoms with Crippen LogP contribution in [0.15, 0.2) is 23.1 Å². The maximum absolute atomic E-state index is 12.3. The third-order valence-corrected chi connectivity index (χ3v) is 5.27. The van der Waals surface area contributed by atoms with Crippen LogP contribution in [0.4, 0.5) is 5.69 Å². The molecule has 1 amide bonds. The molecule has 1 aromatic rings. The molecule has 0 saturated carbocycles. The third kappa shape index (κ3) is 4.44. The van der Waals surface area contributed by atoms with Crippen molar-refractivity contribution in [3.8, 4) is 0 Å². The predicted molar refractivity (Wildman–Crippen MR) is 93.7 cm³/mol. The summed E-state index contributed by atoms with van der Waals surface area (Å²) in [6, 6.07) is 5.03. The number of amides is 1. The predicted octanol–water partition coefficient (Wildman–Crippen LogP) is 1.29. The number of nitrogens with one attached hydrogen (secondary N) is 2. The quantitative estimate of drug-likeness (QED) is 0.748. The van der Waals surface area contributed by atoms with E-state index in [1.807, 2.05) is 14.0 Å². The van der Waals surface area contributed by atoms with Gasteiger partial charge < -0.3 is 10.2 Å². The zero-order valence-electron chi connectivity index (χ0n) is 13.6. The fourth-order valence-electron chi connectivity index (χ4n) is 2.81. The van der Waals surface area contributed by atoms with Crippen molar-refractivity contribution >= 4 is 34.0 Å². The van der Waals surface area contributed by atoms with Gasteiger partial charge in [0.1, 0.15) is 0 Å². The Morgan fingerprint density at radius 2 is 2.04 bits per heavy atom. The largest absolute Gasteiger partial charge is 0.320 e. The van der Waals surface area contributed by atoms with Crippen LogP contribution in [-0.2, 0) is 21.2 Å². The van der Waals surface area contributed by atoms with Gasteiger partial charge in [-0.2, -0.15) is 0 Å². The van der Waals surface area contributed by atoms with Crippen molar-refractivity contribution in [1.82, 2.24) is 10.0 Å². The van der Waals surface area contributed by atoms with Gasteiger partial charge in [0.2, 0.25) is 15.9 Å². The normalized spacial score (nSPS) is 16.8. The van der Waals surface area contributed by atoms with Crippen molar-refractivity contribution in [3.05, 3.63) is 23.8 Å². The molecule has 1 unspecified atom stereocenters. The number of halogens is 1. The molecule has 6 nitrogen and oxygen atoms in total. The Bertz CT molecular complexity index is 664. The number of sulfonamides is 1. The van der Waals surface area contributed by atoms with Gasteiger partial charge in [-0.3, -0.25) is 4.79 Å². The number of carbonyl (C=O) groups excluding carboxylic acids is 1. The van der Waals surface area contributed by atoms with Gasteiger partial charge in [-0.15, -0.1) is 12.4 Å². The van der Waals surface area contributed by atoms with Crippen molar-refractivity contribution in [2.24, 2.45) is 0 Å². The Hall–Kier alpha value is -1.15. The second-order valence-corrected chi connectivity index (χ2v) is 7.35. The second kappa shape index (κ2) is 8.10. The molecule has 1 aliphatic rings. The molecule has 8 heteroatoms. The number of hydrogen-bond donors (Lipinski definition) is 2. The van der Waals surface area contributed by atoms with Gasteiger partial charge in [-0.05, 0) is 57.1 Å². The summed E-state index contributed by atoms with van der Waals surface area (Å²) in [6.45, 7) is 4.65. The van der Waals surface area contributed by atoms with Crippen LogP contribution in [0.5, 0.6) is 0 Å². The van der Waals surface area contributed by atoms with E-state index >= 15 is 0 Å². The monoisotopic (exact) mass is 361 g/mol. The Balaban J connectivity index is 0.00000264. The van der Waals surface area contributed by atoms with Crippen LogP contribution in [0.25, 0.3) is 0 Å². The first kappa shape index (κ1) is 19.9. The topological polar surface area (TPSA) is 78.5 Å². The van der Waals surface area contributed by atoms with Gasteiger partial charge in [-0.1, -0.05) is 0 Å². The lowest BCUT2D eigenvalue weighted by Crippen LogP contribution is -2.33. The zero-order chi connectivity index (χ0) is 16.3. The summed E-state index contributed by atoms with van der Waals surface area (Å²) in [5.74, 6) is -0.0213. The highest BCUT2D eigenvalue weighted by atomic mass is 35.5. The maximum atomic E-state index is 12.3. The molecule has 0 radical (unpaired) electrons. The molecule has 23 heavy (non-hydrogen) atoms. The van der Waals surface area contributed by atoms with Gasteiger partial charge in [0.15, 0.2) is 0 Å². The van der Waals surface area contributed by atoms with Crippen molar-refractivity contribution in [1.29, 1.82) is 0 Å². The Morgan fingerprint density at radius 1 is 1.35 bits per heavy atom. The molecule has 0 spiro atoms. The number of fused-ring (bicyclic) bond motifs is 1. The molecular weight excluding hydrogens is 338 g/mol. The lowest BCUT2D eigenvalue weighted by molar-refractivity contribution is -0.116. The van der Waals surface area contributed by atoms with Crippen LogP contribution in [0.3, 0.4) is 0 Å². The van der Waals surface area contributed by atoms with Crippen LogP contribution in [0, 0.1) is 0 Å². The van der Waals surface area contributed by atoms with E-state index < -0.39 is 10.0 Å². The zero-order valence-corrected chi connectivity index (χ0v) is 15.3. The first-order valence-corrected chi connectivity index (χ1v) is 8.92. The van der Waals surface area contributed by atoms with Crippen LogP contribution >= 0.6 is 12.4 Å². The number of anilines is 1. The fourth-order valence-corrected chi connectivity index (χ4v) is 3.93. The lowest BCUT2D eigenvalue weighted by Gasteiger charge is -2.20. The number of benzene rings is 1. The van der Waals surface area contributed by atoms with Crippen LogP contribution in [0.2, 0.25) is 0 Å². The molecule has 130 valence electrons. The molecule has 2 rings (SSSR count). The van der Waals surface area contributed by atoms with Gasteiger partial charge in [-0.25, -0.2) is 13.1 Å². The first-order chi connectivity index (χ1) is 10.4. The molecule has 1 aromatic carbocycles. The smallest absolute Gasteiger partial charge is 0.240 e. The second-order valence-electron chi connectivity index (χ2n) is 5.59. The molecule has 0 aliphatic carbocycles. The molecule has 1 atom stereocenters. The molecule has 0 fully saturated rings. The Kier molecular flexibility index (Phi) is 7.01. The summed E-state index contributed by atoms with van der Waals surface area (Å²) in [5, 5.41) is 2.98. The van der Waals surface area contributed by atoms with Crippen molar-refractivity contribution in [2.45, 2.75) is 37.6 Å². The van der Waals surface area contributed by atoms with E-state index in [4.69, 9.17) is 0 Å². The average Bonchev–Trinajstić information content (AvgIpc) is 2.78. The highest BCUT2D eigenvalue weighted by Gasteiger charge is 2.30. The number of hydrogen-bond acceptors (Lipinski definition) is 4. The van der Waals surface area contributed by atoms with E-state index in [1.54, 1.807) is 23.1 Å². The van der Waals surface area contributed by atoms with E-state index in [-0.39, 0.29) is 29.3 Å². The fraction of sp³-hybridized carbons (Fsp3) is 0.533. The minimum absolute atomic E-state index is 0. The van der Waals surface area contributed by atoms with E-state index in [9.17, 15) is 13.2 Å². The average molecular weight is 362 g/mol. The van der Waals surface area contributed by atoms with Gasteiger partial charge >= 0.3 is 0 Å². The highest BCUT2D eigenvalue weighted by molar-refractivity contribution is 7.89. The molecule has 0 saturated heterocycles. The summed E-state index contributed by atoms with van der Waals surface area (Å²) in [7, 11) is -1.67. The number of nitrogens with zero attached hydrogens (tertiary/aromatic N) is 1. The van der Waals surface area contributed by atoms with E-state index in [0.717, 1.165) is 24.2 Å². The van der Waals surface area contributed by atoms with Gasteiger partial charge in [0, 0.05) is 25.2 Å². The van der Waals surface area contributed by atoms with Gasteiger partial charge in [0.05, 0.1) is 4.90 Å². The SMILES string of the molecule is CNCCCNS(=O)(=O)c1ccc2c(c1)CC(C)N2C(C)=O.Cl. The highest BCUT2D eigenvalue weighted by Crippen LogP contribution is 2.33. The van der Waals surface area contributed by atoms with E-state index in [2.05, 4.69) is 10.0 Å². The number of rotatable bonds is 6. The molecule has 1 heterocycles. The van der Waals surface area contributed by atoms with E-state index in [1.165, 1.54) is 6.92 Å². The van der Waals surface area contributed by atoms with Crippen LogP contribution < -0.4 is 14.9 Å². The minimum Gasteiger partial charge on any atom is -0.320 e. The number of carbonyl (C=O) groups is 1. The summed E-state index contributed by atoms with van der Waals surface area (Å²) in [4.78, 5) is 13.7. The standard InChI is InChI=1S/C15H23N3O3S.ClH/c1-11-9-13-10-14(5-6-15(13)18(11)12(2)19)22(20,21)17-8-4-7-16-3;/h5-6,10-11,16-17H,4,7-9H2,1-3H3;1H. The van der Waals surface area contributed by atoms with Crippen molar-refractivity contribution in [2.75, 3.05) is 25.0 Å². The first-order valence-electron chi connectivity index (χ1n) is 7.44. The maximum Gasteiger partial charge on any atom is 0.240 e. The molecular formula is C15H24ClN3O3S. The molecule has 1 aliphatic heterocycles. The van der Waals surface area contributed by atoms with Crippen molar-refractivity contribution in [3.63, 3.8) is 0 Å². The lowest BCUT2D eigenvalue weighted by atomic mass is 10.1. The van der Waals surface area contributed by atoms with E-state index in [0.29, 0.717) is 13.0 Å². The summed E-state index contributed by atoms with van der Waals surface area (Å²) in [5.41, 5.74) is 1.72. The van der Waals surface area contributed by atoms with Crippen LogP contribution in [0.1, 0.15) is 25.8 Å². The summed E-state index contributed by atoms with van der Waals surface area (Å²) < 4.78 is 27.2. The third-order valence-electron chi connectivity index (χ3n) is 3.81. The molecule has 2 N–H and O–H groups in total. The Morgan fingerprint density at radius 3 is 2.65 bits per heavy atom. The van der Waals surface area contributed by atoms with Crippen molar-refractivity contribution < 1.29 is 13.2 Å². The molecule has 0 aromatic heterocycles. The Labute approximate surface area is 144 Å². The summed E-state index contributed by atoms with van der Waals surface area (Å²) >= 11 is 0. The molecule has 0 bridgehead atoms. The minimum atomic E-state index is -3.50. The van der Waals surface area contributed by atoms with Gasteiger partial charge in [0.25, 0.3) is 0 Å².